The first kappa shape index (κ1) is 46.8. The van der Waals surface area contributed by atoms with Gasteiger partial charge in [-0.3, -0.25) is 0 Å². The first-order valence-corrected chi connectivity index (χ1v) is 11.3. The minimum Gasteiger partial charge on any atom is -0.550 e. The van der Waals surface area contributed by atoms with Crippen LogP contribution < -0.4 is 24.0 Å². The van der Waals surface area contributed by atoms with E-state index in [1.165, 1.54) is 0 Å². The third kappa shape index (κ3) is 6.51. The summed E-state index contributed by atoms with van der Waals surface area (Å²) in [6, 6.07) is 0. The van der Waals surface area contributed by atoms with Crippen molar-refractivity contribution in [1.29, 1.82) is 0 Å². The van der Waals surface area contributed by atoms with Crippen molar-refractivity contribution in [2.75, 3.05) is 11.5 Å². The SMILES string of the molecule is O=C([O-])CCSCCC(F)(F)C(F)(F)C(F)(F)C(F)(F)C(F)(F)C(F)(F)C(F)(F)C(F)(F)C(F)(F)C(F)(F)C(F)(F)C(F)(F)F.[Li+]. The van der Waals surface area contributed by atoms with Crippen molar-refractivity contribution in [2.24, 2.45) is 0 Å². The topological polar surface area (TPSA) is 40.1 Å². The maximum Gasteiger partial charge on any atom is 1.00 e. The summed E-state index contributed by atoms with van der Waals surface area (Å²) in [4.78, 5) is 10.1. The molecule has 0 fully saturated rings. The van der Waals surface area contributed by atoms with Crippen molar-refractivity contribution in [2.45, 2.75) is 84.2 Å². The van der Waals surface area contributed by atoms with Crippen LogP contribution in [0.2, 0.25) is 0 Å². The Balaban J connectivity index is 0. The Bertz CT molecular complexity index is 1070. The van der Waals surface area contributed by atoms with Gasteiger partial charge in [0.1, 0.15) is 0 Å². The second-order valence-corrected chi connectivity index (χ2v) is 9.66. The molecule has 0 radical (unpaired) electrons. The van der Waals surface area contributed by atoms with Gasteiger partial charge in [-0.25, -0.2) is 0 Å². The van der Waals surface area contributed by atoms with E-state index in [-0.39, 0.29) is 30.6 Å². The van der Waals surface area contributed by atoms with Crippen LogP contribution in [-0.4, -0.2) is 88.8 Å². The van der Waals surface area contributed by atoms with Crippen LogP contribution in [-0.2, 0) is 4.79 Å². The summed E-state index contributed by atoms with van der Waals surface area (Å²) in [6.07, 6.45) is -12.2. The van der Waals surface area contributed by atoms with E-state index in [4.69, 9.17) is 0 Å². The van der Waals surface area contributed by atoms with Gasteiger partial charge in [0.05, 0.1) is 0 Å². The van der Waals surface area contributed by atoms with Gasteiger partial charge in [-0.2, -0.15) is 122 Å². The van der Waals surface area contributed by atoms with Crippen molar-refractivity contribution in [3.05, 3.63) is 0 Å². The van der Waals surface area contributed by atoms with Crippen LogP contribution in [0.1, 0.15) is 12.8 Å². The summed E-state index contributed by atoms with van der Waals surface area (Å²) < 4.78 is 334. The zero-order chi connectivity index (χ0) is 37.1. The Morgan fingerprint density at radius 3 is 0.891 bits per heavy atom. The molecule has 0 unspecified atom stereocenters. The molecule has 0 heterocycles. The summed E-state index contributed by atoms with van der Waals surface area (Å²) in [7, 11) is 0. The fraction of sp³-hybridized carbons (Fsp3) is 0.941. The normalized spacial score (nSPS) is 15.9. The number of carboxylic acid groups (broad SMARTS) is 1. The molecule has 0 aromatic rings. The van der Waals surface area contributed by atoms with Crippen molar-refractivity contribution < 1.29 is 139 Å². The Kier molecular flexibility index (Phi) is 13.1. The van der Waals surface area contributed by atoms with Gasteiger partial charge in [-0.15, -0.1) is 0 Å². The fourth-order valence-electron chi connectivity index (χ4n) is 2.60. The monoisotopic (exact) mass is 758 g/mol. The maximum atomic E-state index is 13.8. The molecule has 2 nitrogen and oxygen atoms in total. The van der Waals surface area contributed by atoms with Crippen LogP contribution >= 0.6 is 11.8 Å². The van der Waals surface area contributed by atoms with E-state index in [1.807, 2.05) is 0 Å². The Morgan fingerprint density at radius 2 is 0.652 bits per heavy atom. The molecule has 46 heavy (non-hydrogen) atoms. The molecule has 0 N–H and O–H groups in total. The molecule has 0 aliphatic rings. The molecule has 0 atom stereocenters. The summed E-state index contributed by atoms with van der Waals surface area (Å²) in [6.45, 7) is 0. The second kappa shape index (κ2) is 12.8. The molecule has 0 aromatic carbocycles. The minimum atomic E-state index is -9.62. The molecule has 0 aromatic heterocycles. The average molecular weight is 758 g/mol. The van der Waals surface area contributed by atoms with Gasteiger partial charge in [-0.05, 0) is 17.9 Å². The van der Waals surface area contributed by atoms with E-state index in [2.05, 4.69) is 0 Å². The third-order valence-electron chi connectivity index (χ3n) is 5.38. The molecule has 0 saturated carbocycles. The van der Waals surface area contributed by atoms with Crippen LogP contribution in [0.4, 0.5) is 110 Å². The van der Waals surface area contributed by atoms with Crippen molar-refractivity contribution in [1.82, 2.24) is 0 Å². The molecule has 0 bridgehead atoms. The minimum absolute atomic E-state index is 0. The molecule has 0 rings (SSSR count). The number of carbonyl (C=O) groups excluding carboxylic acids is 1. The number of alkyl halides is 25. The summed E-state index contributed by atoms with van der Waals surface area (Å²) >= 11 is -0.207. The molecule has 0 aliphatic carbocycles. The zero-order valence-electron chi connectivity index (χ0n) is 21.0. The largest absolute Gasteiger partial charge is 1.00 e. The Morgan fingerprint density at radius 1 is 0.413 bits per heavy atom. The number of thioether (sulfide) groups is 1. The van der Waals surface area contributed by atoms with Crippen LogP contribution in [0, 0.1) is 0 Å². The summed E-state index contributed by atoms with van der Waals surface area (Å²) in [5.41, 5.74) is 0. The van der Waals surface area contributed by atoms with E-state index < -0.39 is 102 Å². The van der Waals surface area contributed by atoms with Gasteiger partial charge < -0.3 is 9.90 Å². The zero-order valence-corrected chi connectivity index (χ0v) is 21.8. The van der Waals surface area contributed by atoms with Crippen LogP contribution in [0.5, 0.6) is 0 Å². The quantitative estimate of drug-likeness (QED) is 0.129. The van der Waals surface area contributed by atoms with Crippen molar-refractivity contribution in [3.63, 3.8) is 0 Å². The number of carbonyl (C=O) groups is 1. The number of aliphatic carboxylic acids is 1. The standard InChI is InChI=1S/C17H9F25O2S.Li/c18-6(19,2-4-45-3-1-5(43)44)7(20,21)8(22,23)9(24,25)10(26,27)11(28,29)12(30,31)13(32,33)14(34,35)15(36,37)16(38,39)17(40,41)42;/h1-4H2,(H,43,44);/q;+1/p-1. The van der Waals surface area contributed by atoms with E-state index in [1.54, 1.807) is 0 Å². The van der Waals surface area contributed by atoms with Gasteiger partial charge >= 0.3 is 90.2 Å². The summed E-state index contributed by atoms with van der Waals surface area (Å²) in [5.74, 6) is -103. The van der Waals surface area contributed by atoms with Gasteiger partial charge in [0.25, 0.3) is 0 Å². The molecule has 0 aliphatic heterocycles. The first-order chi connectivity index (χ1) is 19.2. The van der Waals surface area contributed by atoms with Crippen molar-refractivity contribution >= 4 is 17.7 Å². The van der Waals surface area contributed by atoms with E-state index >= 15 is 0 Å². The Labute approximate surface area is 252 Å². The smallest absolute Gasteiger partial charge is 0.550 e. The first-order valence-electron chi connectivity index (χ1n) is 10.2. The number of halogens is 25. The van der Waals surface area contributed by atoms with Gasteiger partial charge in [0, 0.05) is 12.4 Å². The van der Waals surface area contributed by atoms with Gasteiger partial charge in [0.15, 0.2) is 0 Å². The number of rotatable bonds is 16. The predicted octanol–water partition coefficient (Wildman–Crippen LogP) is 4.80. The molecular formula is C17H8F25LiO2S. The summed E-state index contributed by atoms with van der Waals surface area (Å²) in [5, 5.41) is 10.1. The molecule has 29 heteroatoms. The van der Waals surface area contributed by atoms with E-state index in [0.717, 1.165) is 0 Å². The maximum absolute atomic E-state index is 13.8. The number of hydrogen-bond donors (Lipinski definition) is 0. The number of hydrogen-bond acceptors (Lipinski definition) is 3. The predicted molar refractivity (Wildman–Crippen MR) is 92.0 cm³/mol. The Hall–Kier alpha value is -1.33. The van der Waals surface area contributed by atoms with Crippen LogP contribution in [0.15, 0.2) is 0 Å². The fourth-order valence-corrected chi connectivity index (χ4v) is 3.52. The number of carboxylic acids is 1. The molecular weight excluding hydrogens is 750 g/mol. The van der Waals surface area contributed by atoms with E-state index in [0.29, 0.717) is 0 Å². The van der Waals surface area contributed by atoms with Gasteiger partial charge in [0.2, 0.25) is 0 Å². The third-order valence-corrected chi connectivity index (χ3v) is 6.36. The second-order valence-electron chi connectivity index (χ2n) is 8.43. The van der Waals surface area contributed by atoms with Crippen LogP contribution in [0.25, 0.3) is 0 Å². The van der Waals surface area contributed by atoms with Crippen LogP contribution in [0.3, 0.4) is 0 Å². The average Bonchev–Trinajstić information content (AvgIpc) is 2.81. The molecule has 0 spiro atoms. The molecule has 270 valence electrons. The van der Waals surface area contributed by atoms with E-state index in [9.17, 15) is 120 Å². The molecule has 0 amide bonds. The van der Waals surface area contributed by atoms with Crippen molar-refractivity contribution in [3.8, 4) is 0 Å². The van der Waals surface area contributed by atoms with Gasteiger partial charge in [-0.1, -0.05) is 0 Å². The molecule has 0 saturated heterocycles.